The summed E-state index contributed by atoms with van der Waals surface area (Å²) in [7, 11) is 1.37. The Bertz CT molecular complexity index is 560. The van der Waals surface area contributed by atoms with Crippen molar-refractivity contribution in [3.8, 4) is 0 Å². The number of hydrogen-bond donors (Lipinski definition) is 0. The molecule has 0 radical (unpaired) electrons. The summed E-state index contributed by atoms with van der Waals surface area (Å²) in [5.41, 5.74) is 0.732. The summed E-state index contributed by atoms with van der Waals surface area (Å²) in [5, 5.41) is 0. The van der Waals surface area contributed by atoms with Crippen LogP contribution in [-0.4, -0.2) is 59.7 Å². The Morgan fingerprint density at radius 1 is 1.19 bits per heavy atom. The van der Waals surface area contributed by atoms with Crippen molar-refractivity contribution in [3.63, 3.8) is 0 Å². The van der Waals surface area contributed by atoms with E-state index in [0.717, 1.165) is 23.0 Å². The first-order valence-electron chi connectivity index (χ1n) is 7.09. The van der Waals surface area contributed by atoms with Crippen LogP contribution >= 0.6 is 15.9 Å². The van der Waals surface area contributed by atoms with E-state index in [-0.39, 0.29) is 12.0 Å². The highest BCUT2D eigenvalue weighted by Crippen LogP contribution is 2.37. The van der Waals surface area contributed by atoms with Gasteiger partial charge in [0.1, 0.15) is 5.69 Å². The molecule has 0 unspecified atom stereocenters. The molecule has 2 aliphatic rings. The highest BCUT2D eigenvalue weighted by Gasteiger charge is 2.31. The van der Waals surface area contributed by atoms with Crippen LogP contribution in [-0.2, 0) is 4.74 Å². The fourth-order valence-corrected chi connectivity index (χ4v) is 3.09. The maximum absolute atomic E-state index is 12.7. The monoisotopic (exact) mass is 355 g/mol. The minimum absolute atomic E-state index is 0.0390. The summed E-state index contributed by atoms with van der Waals surface area (Å²) in [5.74, 6) is 0.0390. The number of rotatable bonds is 2. The maximum atomic E-state index is 12.7. The van der Waals surface area contributed by atoms with E-state index in [2.05, 4.69) is 20.5 Å². The standard InChI is InChI=1S/C14H18BrN3O3/c1-21-14(20)17-6-4-16(5-7-17)13(19)12-8-10(15)9-18(12)11-2-3-11/h8-9,11H,2-7H2,1H3. The van der Waals surface area contributed by atoms with Gasteiger partial charge in [0.05, 0.1) is 7.11 Å². The number of ether oxygens (including phenoxy) is 1. The number of aromatic nitrogens is 1. The fourth-order valence-electron chi connectivity index (χ4n) is 2.66. The minimum Gasteiger partial charge on any atom is -0.453 e. The largest absolute Gasteiger partial charge is 0.453 e. The molecule has 1 aliphatic heterocycles. The molecule has 0 N–H and O–H groups in total. The lowest BCUT2D eigenvalue weighted by Crippen LogP contribution is -2.50. The van der Waals surface area contributed by atoms with Crippen LogP contribution in [0.3, 0.4) is 0 Å². The topological polar surface area (TPSA) is 54.8 Å². The average molecular weight is 356 g/mol. The second kappa shape index (κ2) is 5.71. The lowest BCUT2D eigenvalue weighted by Gasteiger charge is -2.33. The highest BCUT2D eigenvalue weighted by atomic mass is 79.9. The summed E-state index contributed by atoms with van der Waals surface area (Å²) in [6, 6.07) is 2.35. The Hall–Kier alpha value is -1.50. The summed E-state index contributed by atoms with van der Waals surface area (Å²) >= 11 is 3.45. The van der Waals surface area contributed by atoms with Crippen LogP contribution in [0.2, 0.25) is 0 Å². The maximum Gasteiger partial charge on any atom is 0.409 e. The molecule has 0 spiro atoms. The van der Waals surface area contributed by atoms with Crippen LogP contribution in [0.25, 0.3) is 0 Å². The van der Waals surface area contributed by atoms with Gasteiger partial charge in [0, 0.05) is 42.9 Å². The Labute approximate surface area is 131 Å². The molecule has 0 atom stereocenters. The van der Waals surface area contributed by atoms with Gasteiger partial charge in [0.15, 0.2) is 0 Å². The fraction of sp³-hybridized carbons (Fsp3) is 0.571. The van der Waals surface area contributed by atoms with Gasteiger partial charge in [-0.05, 0) is 34.8 Å². The second-order valence-electron chi connectivity index (χ2n) is 5.43. The normalized spacial score (nSPS) is 18.8. The molecule has 0 bridgehead atoms. The van der Waals surface area contributed by atoms with E-state index in [1.807, 2.05) is 12.3 Å². The average Bonchev–Trinajstić information content (AvgIpc) is 3.28. The third-order valence-corrected chi connectivity index (χ3v) is 4.41. The molecular weight excluding hydrogens is 338 g/mol. The number of carbonyl (C=O) groups excluding carboxylic acids is 2. The smallest absolute Gasteiger partial charge is 0.409 e. The second-order valence-corrected chi connectivity index (χ2v) is 6.35. The molecule has 2 fully saturated rings. The Kier molecular flexibility index (Phi) is 3.93. The lowest BCUT2D eigenvalue weighted by atomic mass is 10.3. The van der Waals surface area contributed by atoms with Gasteiger partial charge in [-0.3, -0.25) is 4.79 Å². The molecule has 0 aromatic carbocycles. The molecular formula is C14H18BrN3O3. The first-order chi connectivity index (χ1) is 10.1. The molecule has 1 aromatic rings. The van der Waals surface area contributed by atoms with Crippen molar-refractivity contribution in [2.24, 2.45) is 0 Å². The van der Waals surface area contributed by atoms with E-state index in [4.69, 9.17) is 4.74 Å². The van der Waals surface area contributed by atoms with E-state index < -0.39 is 0 Å². The number of piperazine rings is 1. The number of carbonyl (C=O) groups is 2. The molecule has 1 aromatic heterocycles. The zero-order chi connectivity index (χ0) is 15.0. The lowest BCUT2D eigenvalue weighted by molar-refractivity contribution is 0.0590. The van der Waals surface area contributed by atoms with Gasteiger partial charge in [-0.1, -0.05) is 0 Å². The Morgan fingerprint density at radius 3 is 2.38 bits per heavy atom. The van der Waals surface area contributed by atoms with Crippen LogP contribution in [0, 0.1) is 0 Å². The zero-order valence-corrected chi connectivity index (χ0v) is 13.5. The van der Waals surface area contributed by atoms with E-state index >= 15 is 0 Å². The number of nitrogens with zero attached hydrogens (tertiary/aromatic N) is 3. The van der Waals surface area contributed by atoms with Crippen molar-refractivity contribution in [2.45, 2.75) is 18.9 Å². The van der Waals surface area contributed by atoms with Crippen LogP contribution in [0.5, 0.6) is 0 Å². The Morgan fingerprint density at radius 2 is 1.81 bits per heavy atom. The number of amides is 2. The molecule has 2 amide bonds. The summed E-state index contributed by atoms with van der Waals surface area (Å²) < 4.78 is 7.71. The van der Waals surface area contributed by atoms with E-state index in [1.165, 1.54) is 7.11 Å². The van der Waals surface area contributed by atoms with Crippen molar-refractivity contribution in [1.29, 1.82) is 0 Å². The quantitative estimate of drug-likeness (QED) is 0.816. The Balaban J connectivity index is 1.68. The van der Waals surface area contributed by atoms with Gasteiger partial charge in [-0.15, -0.1) is 0 Å². The van der Waals surface area contributed by atoms with E-state index in [1.54, 1.807) is 9.80 Å². The van der Waals surface area contributed by atoms with Crippen LogP contribution < -0.4 is 0 Å². The van der Waals surface area contributed by atoms with E-state index in [9.17, 15) is 9.59 Å². The van der Waals surface area contributed by atoms with Crippen LogP contribution in [0.1, 0.15) is 29.4 Å². The van der Waals surface area contributed by atoms with Gasteiger partial charge in [-0.25, -0.2) is 4.79 Å². The van der Waals surface area contributed by atoms with Crippen molar-refractivity contribution in [2.75, 3.05) is 33.3 Å². The number of hydrogen-bond acceptors (Lipinski definition) is 3. The first-order valence-corrected chi connectivity index (χ1v) is 7.89. The number of halogens is 1. The van der Waals surface area contributed by atoms with Gasteiger partial charge >= 0.3 is 6.09 Å². The molecule has 1 aliphatic carbocycles. The summed E-state index contributed by atoms with van der Waals surface area (Å²) in [4.78, 5) is 27.6. The predicted molar refractivity (Wildman–Crippen MR) is 80.3 cm³/mol. The summed E-state index contributed by atoms with van der Waals surface area (Å²) in [6.07, 6.45) is 3.93. The van der Waals surface area contributed by atoms with Crippen LogP contribution in [0.15, 0.2) is 16.7 Å². The SMILES string of the molecule is COC(=O)N1CCN(C(=O)c2cc(Br)cn2C2CC2)CC1. The molecule has 114 valence electrons. The van der Waals surface area contributed by atoms with Crippen molar-refractivity contribution in [3.05, 3.63) is 22.4 Å². The first kappa shape index (κ1) is 14.4. The molecule has 7 heteroatoms. The van der Waals surface area contributed by atoms with Gasteiger partial charge in [-0.2, -0.15) is 0 Å². The van der Waals surface area contributed by atoms with Gasteiger partial charge in [0.2, 0.25) is 0 Å². The zero-order valence-electron chi connectivity index (χ0n) is 11.9. The third-order valence-electron chi connectivity index (χ3n) is 3.97. The highest BCUT2D eigenvalue weighted by molar-refractivity contribution is 9.10. The van der Waals surface area contributed by atoms with E-state index in [0.29, 0.717) is 32.2 Å². The molecule has 2 heterocycles. The molecule has 3 rings (SSSR count). The molecule has 1 saturated heterocycles. The van der Waals surface area contributed by atoms with Crippen molar-refractivity contribution < 1.29 is 14.3 Å². The van der Waals surface area contributed by atoms with Gasteiger partial charge < -0.3 is 19.1 Å². The summed E-state index contributed by atoms with van der Waals surface area (Å²) in [6.45, 7) is 2.12. The van der Waals surface area contributed by atoms with Crippen molar-refractivity contribution >= 4 is 27.9 Å². The molecule has 6 nitrogen and oxygen atoms in total. The molecule has 21 heavy (non-hydrogen) atoms. The van der Waals surface area contributed by atoms with Crippen LogP contribution in [0.4, 0.5) is 4.79 Å². The minimum atomic E-state index is -0.328. The number of methoxy groups -OCH3 is 1. The van der Waals surface area contributed by atoms with Crippen molar-refractivity contribution in [1.82, 2.24) is 14.4 Å². The third kappa shape index (κ3) is 2.92. The van der Waals surface area contributed by atoms with Gasteiger partial charge in [0.25, 0.3) is 5.91 Å². The predicted octanol–water partition coefficient (Wildman–Crippen LogP) is 2.11. The molecule has 1 saturated carbocycles.